The van der Waals surface area contributed by atoms with Crippen molar-refractivity contribution in [1.29, 1.82) is 0 Å². The van der Waals surface area contributed by atoms with Gasteiger partial charge in [0, 0.05) is 6.42 Å². The van der Waals surface area contributed by atoms with Crippen molar-refractivity contribution >= 4 is 23.9 Å². The van der Waals surface area contributed by atoms with Gasteiger partial charge >= 0.3 is 12.1 Å². The minimum atomic E-state index is -1.65. The lowest BCUT2D eigenvalue weighted by molar-refractivity contribution is -0.160. The van der Waals surface area contributed by atoms with Gasteiger partial charge in [-0.25, -0.2) is 9.59 Å². The van der Waals surface area contributed by atoms with Crippen LogP contribution in [0.4, 0.5) is 4.79 Å². The van der Waals surface area contributed by atoms with Crippen LogP contribution in [0, 0.1) is 5.92 Å². The van der Waals surface area contributed by atoms with Gasteiger partial charge in [0.15, 0.2) is 6.10 Å². The number of hydrogen-bond donors (Lipinski definition) is 4. The predicted molar refractivity (Wildman–Crippen MR) is 159 cm³/mol. The third-order valence-electron chi connectivity index (χ3n) is 6.24. The highest BCUT2D eigenvalue weighted by atomic mass is 16.6. The second kappa shape index (κ2) is 16.5. The van der Waals surface area contributed by atoms with Gasteiger partial charge in [0.25, 0.3) is 5.91 Å². The number of aliphatic hydroxyl groups excluding tert-OH is 1. The van der Waals surface area contributed by atoms with Crippen molar-refractivity contribution < 1.29 is 33.8 Å². The van der Waals surface area contributed by atoms with Crippen molar-refractivity contribution in [3.63, 3.8) is 0 Å². The summed E-state index contributed by atoms with van der Waals surface area (Å²) in [5.41, 5.74) is 0.832. The summed E-state index contributed by atoms with van der Waals surface area (Å²) in [4.78, 5) is 51.8. The minimum absolute atomic E-state index is 0.0258. The molecule has 4 N–H and O–H groups in total. The van der Waals surface area contributed by atoms with Gasteiger partial charge in [-0.2, -0.15) is 0 Å². The highest BCUT2D eigenvalue weighted by molar-refractivity contribution is 5.89. The highest BCUT2D eigenvalue weighted by Gasteiger charge is 2.34. The van der Waals surface area contributed by atoms with Crippen LogP contribution in [-0.2, 0) is 36.9 Å². The normalized spacial score (nSPS) is 14.2. The van der Waals surface area contributed by atoms with Crippen LogP contribution in [0.2, 0.25) is 0 Å². The molecular formula is C32H45N3O7. The van der Waals surface area contributed by atoms with Gasteiger partial charge in [0.1, 0.15) is 24.3 Å². The zero-order valence-corrected chi connectivity index (χ0v) is 25.4. The molecule has 0 saturated carbocycles. The molecular weight excluding hydrogens is 538 g/mol. The Bertz CT molecular complexity index is 1150. The van der Waals surface area contributed by atoms with Gasteiger partial charge in [-0.3, -0.25) is 9.59 Å². The Morgan fingerprint density at radius 1 is 0.810 bits per heavy atom. The van der Waals surface area contributed by atoms with E-state index >= 15 is 0 Å². The molecule has 0 aliphatic carbocycles. The summed E-state index contributed by atoms with van der Waals surface area (Å²) in [6.45, 7) is 10.7. The van der Waals surface area contributed by atoms with Crippen LogP contribution in [0.1, 0.15) is 65.5 Å². The number of nitrogens with one attached hydrogen (secondary N) is 3. The molecule has 0 aliphatic heterocycles. The van der Waals surface area contributed by atoms with Crippen LogP contribution in [-0.4, -0.2) is 58.8 Å². The molecule has 2 aromatic rings. The van der Waals surface area contributed by atoms with Gasteiger partial charge < -0.3 is 30.5 Å². The fraction of sp³-hybridized carbons (Fsp3) is 0.500. The molecule has 2 unspecified atom stereocenters. The lowest BCUT2D eigenvalue weighted by Gasteiger charge is -2.28. The molecule has 42 heavy (non-hydrogen) atoms. The van der Waals surface area contributed by atoms with Crippen molar-refractivity contribution in [2.75, 3.05) is 0 Å². The standard InChI is InChI=1S/C32H45N3O7/c1-7-24(27(36)29(38)34-26(18-21(2)3)30(39)42-32(4,5)6)33-28(37)25(19-22-14-10-8-11-15-22)35-31(40)41-20-23-16-12-9-13-17-23/h8-17,21,24-27,36H,7,18-20H2,1-6H3,(H,33,37)(H,34,38)(H,35,40)/t24?,25-,26+,27?/m0/s1. The summed E-state index contributed by atoms with van der Waals surface area (Å²) < 4.78 is 10.8. The quantitative estimate of drug-likeness (QED) is 0.249. The Labute approximate surface area is 248 Å². The van der Waals surface area contributed by atoms with Crippen molar-refractivity contribution in [2.45, 2.75) is 97.2 Å². The summed E-state index contributed by atoms with van der Waals surface area (Å²) in [5, 5.41) is 18.8. The second-order valence-corrected chi connectivity index (χ2v) is 11.6. The summed E-state index contributed by atoms with van der Waals surface area (Å²) in [6.07, 6.45) is -1.77. The molecule has 0 aromatic heterocycles. The van der Waals surface area contributed by atoms with E-state index in [1.165, 1.54) is 0 Å². The average Bonchev–Trinajstić information content (AvgIpc) is 2.93. The van der Waals surface area contributed by atoms with Gasteiger partial charge in [0.05, 0.1) is 6.04 Å². The minimum Gasteiger partial charge on any atom is -0.458 e. The van der Waals surface area contributed by atoms with E-state index in [4.69, 9.17) is 9.47 Å². The molecule has 0 fully saturated rings. The first-order valence-corrected chi connectivity index (χ1v) is 14.3. The maximum atomic E-state index is 13.4. The monoisotopic (exact) mass is 583 g/mol. The third kappa shape index (κ3) is 12.3. The molecule has 10 nitrogen and oxygen atoms in total. The number of ether oxygens (including phenoxy) is 2. The lowest BCUT2D eigenvalue weighted by Crippen LogP contribution is -2.57. The Morgan fingerprint density at radius 2 is 1.38 bits per heavy atom. The number of carbonyl (C=O) groups is 4. The lowest BCUT2D eigenvalue weighted by atomic mass is 10.0. The van der Waals surface area contributed by atoms with Gasteiger partial charge in [0.2, 0.25) is 5.91 Å². The van der Waals surface area contributed by atoms with E-state index in [1.54, 1.807) is 27.7 Å². The summed E-state index contributed by atoms with van der Waals surface area (Å²) in [7, 11) is 0. The Balaban J connectivity index is 2.11. The van der Waals surface area contributed by atoms with Crippen molar-refractivity contribution in [3.05, 3.63) is 71.8 Å². The van der Waals surface area contributed by atoms with E-state index in [0.717, 1.165) is 11.1 Å². The first kappa shape index (κ1) is 34.3. The highest BCUT2D eigenvalue weighted by Crippen LogP contribution is 2.14. The summed E-state index contributed by atoms with van der Waals surface area (Å²) in [6, 6.07) is 15.3. The van der Waals surface area contributed by atoms with Crippen molar-refractivity contribution in [2.24, 2.45) is 5.92 Å². The average molecular weight is 584 g/mol. The topological polar surface area (TPSA) is 143 Å². The number of benzene rings is 2. The van der Waals surface area contributed by atoms with Crippen LogP contribution in [0.3, 0.4) is 0 Å². The molecule has 4 atom stereocenters. The Morgan fingerprint density at radius 3 is 1.90 bits per heavy atom. The fourth-order valence-electron chi connectivity index (χ4n) is 4.15. The Hall–Kier alpha value is -3.92. The Kier molecular flexibility index (Phi) is 13.5. The molecule has 3 amide bonds. The van der Waals surface area contributed by atoms with E-state index in [1.807, 2.05) is 74.5 Å². The number of amides is 3. The van der Waals surface area contributed by atoms with E-state index < -0.39 is 53.7 Å². The van der Waals surface area contributed by atoms with Crippen LogP contribution in [0.15, 0.2) is 60.7 Å². The van der Waals surface area contributed by atoms with Crippen LogP contribution in [0.25, 0.3) is 0 Å². The van der Waals surface area contributed by atoms with Gasteiger partial charge in [-0.15, -0.1) is 0 Å². The van der Waals surface area contributed by atoms with Crippen LogP contribution >= 0.6 is 0 Å². The number of hydrogen-bond acceptors (Lipinski definition) is 7. The summed E-state index contributed by atoms with van der Waals surface area (Å²) >= 11 is 0. The van der Waals surface area contributed by atoms with E-state index in [-0.39, 0.29) is 25.4 Å². The maximum absolute atomic E-state index is 13.4. The van der Waals surface area contributed by atoms with E-state index in [9.17, 15) is 24.3 Å². The number of alkyl carbamates (subject to hydrolysis) is 1. The van der Waals surface area contributed by atoms with Crippen LogP contribution < -0.4 is 16.0 Å². The number of aliphatic hydroxyl groups is 1. The largest absolute Gasteiger partial charge is 0.458 e. The molecule has 10 heteroatoms. The van der Waals surface area contributed by atoms with E-state index in [0.29, 0.717) is 6.42 Å². The molecule has 0 bridgehead atoms. The fourth-order valence-corrected chi connectivity index (χ4v) is 4.15. The first-order valence-electron chi connectivity index (χ1n) is 14.3. The third-order valence-corrected chi connectivity index (χ3v) is 6.24. The van der Waals surface area contributed by atoms with Crippen molar-refractivity contribution in [1.82, 2.24) is 16.0 Å². The van der Waals surface area contributed by atoms with Crippen LogP contribution in [0.5, 0.6) is 0 Å². The molecule has 0 heterocycles. The zero-order valence-electron chi connectivity index (χ0n) is 25.4. The molecule has 230 valence electrons. The maximum Gasteiger partial charge on any atom is 0.408 e. The SMILES string of the molecule is CCC(NC(=O)[C@H](Cc1ccccc1)NC(=O)OCc1ccccc1)C(O)C(=O)N[C@H](CC(C)C)C(=O)OC(C)(C)C. The molecule has 0 aliphatic rings. The zero-order chi connectivity index (χ0) is 31.3. The van der Waals surface area contributed by atoms with Gasteiger partial charge in [-0.1, -0.05) is 81.4 Å². The molecule has 0 radical (unpaired) electrons. The molecule has 2 rings (SSSR count). The number of rotatable bonds is 14. The number of carbonyl (C=O) groups excluding carboxylic acids is 4. The predicted octanol–water partition coefficient (Wildman–Crippen LogP) is 3.65. The first-order chi connectivity index (χ1) is 19.8. The molecule has 0 spiro atoms. The smallest absolute Gasteiger partial charge is 0.408 e. The second-order valence-electron chi connectivity index (χ2n) is 11.6. The van der Waals surface area contributed by atoms with E-state index in [2.05, 4.69) is 16.0 Å². The number of esters is 1. The molecule has 2 aromatic carbocycles. The molecule has 0 saturated heterocycles. The van der Waals surface area contributed by atoms with Gasteiger partial charge in [-0.05, 0) is 50.7 Å². The summed E-state index contributed by atoms with van der Waals surface area (Å²) in [5.74, 6) is -1.95. The van der Waals surface area contributed by atoms with Crippen molar-refractivity contribution in [3.8, 4) is 0 Å².